The highest BCUT2D eigenvalue weighted by molar-refractivity contribution is 5.15. The Hall–Kier alpha value is -0.500. The molecule has 4 N–H and O–H groups in total. The third-order valence-corrected chi connectivity index (χ3v) is 7.47. The third-order valence-electron chi connectivity index (χ3n) is 7.47. The zero-order chi connectivity index (χ0) is 19.5. The van der Waals surface area contributed by atoms with E-state index in [2.05, 4.69) is 53.3 Å². The van der Waals surface area contributed by atoms with Crippen molar-refractivity contribution in [3.63, 3.8) is 0 Å². The maximum atomic E-state index is 6.27. The summed E-state index contributed by atoms with van der Waals surface area (Å²) < 4.78 is 6.27. The average Bonchev–Trinajstić information content (AvgIpc) is 3.07. The van der Waals surface area contributed by atoms with E-state index < -0.39 is 0 Å². The highest BCUT2D eigenvalue weighted by atomic mass is 16.5. The number of hydrogen-bond acceptors (Lipinski definition) is 6. The smallest absolute Gasteiger partial charge is 0.113 e. The molecule has 4 rings (SSSR count). The van der Waals surface area contributed by atoms with Crippen LogP contribution in [0.1, 0.15) is 51.9 Å². The predicted octanol–water partition coefficient (Wildman–Crippen LogP) is 1.60. The van der Waals surface area contributed by atoms with Crippen LogP contribution < -0.4 is 21.3 Å². The van der Waals surface area contributed by atoms with Gasteiger partial charge in [-0.25, -0.2) is 0 Å². The Balaban J connectivity index is 1.43. The molecule has 0 bridgehead atoms. The normalized spacial score (nSPS) is 42.7. The number of hydrogen-bond donors (Lipinski definition) is 4. The van der Waals surface area contributed by atoms with Gasteiger partial charge in [0.05, 0.1) is 12.3 Å². The summed E-state index contributed by atoms with van der Waals surface area (Å²) >= 11 is 0. The lowest BCUT2D eigenvalue weighted by atomic mass is 9.72. The van der Waals surface area contributed by atoms with Crippen LogP contribution in [0.3, 0.4) is 0 Å². The molecule has 1 saturated carbocycles. The Labute approximate surface area is 171 Å². The van der Waals surface area contributed by atoms with Crippen molar-refractivity contribution in [1.82, 2.24) is 26.2 Å². The highest BCUT2D eigenvalue weighted by Crippen LogP contribution is 2.42. The van der Waals surface area contributed by atoms with E-state index in [4.69, 9.17) is 4.74 Å². The van der Waals surface area contributed by atoms with Crippen LogP contribution in [0.2, 0.25) is 0 Å². The van der Waals surface area contributed by atoms with Gasteiger partial charge in [0.15, 0.2) is 0 Å². The minimum Gasteiger partial charge on any atom is -0.377 e. The number of ether oxygens (including phenoxy) is 1. The molecule has 7 unspecified atom stereocenters. The van der Waals surface area contributed by atoms with Crippen molar-refractivity contribution >= 4 is 0 Å². The molecule has 2 saturated heterocycles. The van der Waals surface area contributed by atoms with Crippen LogP contribution in [0.25, 0.3) is 0 Å². The number of nitrogens with zero attached hydrogens (tertiary/aromatic N) is 1. The topological polar surface area (TPSA) is 60.6 Å². The Morgan fingerprint density at radius 3 is 2.96 bits per heavy atom. The fourth-order valence-corrected chi connectivity index (χ4v) is 5.83. The van der Waals surface area contributed by atoms with Crippen LogP contribution in [0.4, 0.5) is 0 Å². The van der Waals surface area contributed by atoms with E-state index in [-0.39, 0.29) is 6.29 Å². The molecule has 160 valence electrons. The fourth-order valence-electron chi connectivity index (χ4n) is 5.83. The van der Waals surface area contributed by atoms with Crippen molar-refractivity contribution in [2.24, 2.45) is 11.8 Å². The third kappa shape index (κ3) is 4.79. The summed E-state index contributed by atoms with van der Waals surface area (Å²) in [5, 5.41) is 14.8. The van der Waals surface area contributed by atoms with Gasteiger partial charge in [-0.1, -0.05) is 18.6 Å². The lowest BCUT2D eigenvalue weighted by molar-refractivity contribution is 0.0175. The highest BCUT2D eigenvalue weighted by Gasteiger charge is 2.43. The standard InChI is InChI=1S/C22H41N5O/c1-4-17-14-20(23-2)26-22(24-17)25-18-12-16-8-11-28-21(16)19(13-18)15-6-5-9-27(3)10-7-15/h7,16-26H,4-6,8-14H2,1-3H3. The first-order valence-electron chi connectivity index (χ1n) is 11.6. The molecule has 0 radical (unpaired) electrons. The van der Waals surface area contributed by atoms with Crippen molar-refractivity contribution in [3.8, 4) is 0 Å². The molecule has 0 aromatic rings. The van der Waals surface area contributed by atoms with Gasteiger partial charge in [-0.3, -0.25) is 16.0 Å². The second-order valence-electron chi connectivity index (χ2n) is 9.42. The fraction of sp³-hybridized carbons (Fsp3) is 0.909. The number of rotatable bonds is 5. The van der Waals surface area contributed by atoms with Gasteiger partial charge in [0.1, 0.15) is 6.29 Å². The minimum absolute atomic E-state index is 0.190. The van der Waals surface area contributed by atoms with Gasteiger partial charge in [0.25, 0.3) is 0 Å². The molecule has 0 aromatic heterocycles. The first kappa shape index (κ1) is 20.8. The van der Waals surface area contributed by atoms with Crippen LogP contribution in [-0.2, 0) is 4.74 Å². The van der Waals surface area contributed by atoms with Crippen LogP contribution in [0.15, 0.2) is 11.6 Å². The van der Waals surface area contributed by atoms with E-state index in [0.29, 0.717) is 36.2 Å². The predicted molar refractivity (Wildman–Crippen MR) is 114 cm³/mol. The first-order chi connectivity index (χ1) is 13.7. The lowest BCUT2D eigenvalue weighted by Crippen LogP contribution is -2.68. The summed E-state index contributed by atoms with van der Waals surface area (Å²) in [6.45, 7) is 5.53. The second-order valence-corrected chi connectivity index (χ2v) is 9.42. The lowest BCUT2D eigenvalue weighted by Gasteiger charge is -2.43. The monoisotopic (exact) mass is 391 g/mol. The molecule has 1 aliphatic carbocycles. The maximum Gasteiger partial charge on any atom is 0.113 e. The minimum atomic E-state index is 0.190. The summed E-state index contributed by atoms with van der Waals surface area (Å²) in [6, 6.07) is 1.12. The van der Waals surface area contributed by atoms with Gasteiger partial charge < -0.3 is 15.0 Å². The Kier molecular flexibility index (Phi) is 7.07. The van der Waals surface area contributed by atoms with Crippen molar-refractivity contribution in [2.75, 3.05) is 33.8 Å². The van der Waals surface area contributed by atoms with E-state index >= 15 is 0 Å². The van der Waals surface area contributed by atoms with E-state index in [1.54, 1.807) is 5.57 Å². The summed E-state index contributed by atoms with van der Waals surface area (Å²) in [7, 11) is 4.29. The SMILES string of the molecule is CCC1CC(NC)NC(NC2CC3CCOC3C(C3=CCN(C)CCC3)C2)N1. The largest absolute Gasteiger partial charge is 0.377 e. The van der Waals surface area contributed by atoms with Gasteiger partial charge >= 0.3 is 0 Å². The maximum absolute atomic E-state index is 6.27. The van der Waals surface area contributed by atoms with Crippen LogP contribution in [0.5, 0.6) is 0 Å². The molecule has 7 atom stereocenters. The van der Waals surface area contributed by atoms with Gasteiger partial charge in [-0.2, -0.15) is 0 Å². The van der Waals surface area contributed by atoms with Crippen molar-refractivity contribution in [1.29, 1.82) is 0 Å². The molecule has 0 aromatic carbocycles. The molecule has 28 heavy (non-hydrogen) atoms. The van der Waals surface area contributed by atoms with Crippen molar-refractivity contribution in [3.05, 3.63) is 11.6 Å². The Morgan fingerprint density at radius 2 is 2.14 bits per heavy atom. The molecular formula is C22H41N5O. The van der Waals surface area contributed by atoms with Gasteiger partial charge in [0, 0.05) is 31.2 Å². The zero-order valence-electron chi connectivity index (χ0n) is 18.0. The summed E-state index contributed by atoms with van der Waals surface area (Å²) in [4.78, 5) is 2.44. The van der Waals surface area contributed by atoms with Crippen LogP contribution in [0, 0.1) is 11.8 Å². The summed E-state index contributed by atoms with van der Waals surface area (Å²) in [6.07, 6.45) is 12.0. The van der Waals surface area contributed by atoms with Gasteiger partial charge in [-0.05, 0) is 71.5 Å². The zero-order valence-corrected chi connectivity index (χ0v) is 18.0. The molecule has 3 heterocycles. The summed E-state index contributed by atoms with van der Waals surface area (Å²) in [5.74, 6) is 1.31. The molecule has 3 aliphatic heterocycles. The van der Waals surface area contributed by atoms with E-state index in [9.17, 15) is 0 Å². The second kappa shape index (κ2) is 9.54. The van der Waals surface area contributed by atoms with Gasteiger partial charge in [0.2, 0.25) is 0 Å². The number of fused-ring (bicyclic) bond motifs is 1. The van der Waals surface area contributed by atoms with E-state index in [0.717, 1.165) is 19.6 Å². The first-order valence-corrected chi connectivity index (χ1v) is 11.6. The molecule has 6 nitrogen and oxygen atoms in total. The van der Waals surface area contributed by atoms with Crippen molar-refractivity contribution < 1.29 is 4.74 Å². The Morgan fingerprint density at radius 1 is 1.25 bits per heavy atom. The summed E-state index contributed by atoms with van der Waals surface area (Å²) in [5.41, 5.74) is 1.66. The molecular weight excluding hydrogens is 350 g/mol. The number of nitrogens with one attached hydrogen (secondary N) is 4. The van der Waals surface area contributed by atoms with Crippen molar-refractivity contribution in [2.45, 2.75) is 82.5 Å². The molecule has 0 spiro atoms. The average molecular weight is 392 g/mol. The number of likely N-dealkylation sites (N-methyl/N-ethyl adjacent to an activating group) is 1. The van der Waals surface area contributed by atoms with E-state index in [1.165, 1.54) is 45.1 Å². The van der Waals surface area contributed by atoms with Gasteiger partial charge in [-0.15, -0.1) is 0 Å². The van der Waals surface area contributed by atoms with E-state index in [1.807, 2.05) is 0 Å². The molecule has 3 fully saturated rings. The molecule has 4 aliphatic rings. The molecule has 6 heteroatoms. The Bertz CT molecular complexity index is 529. The van der Waals surface area contributed by atoms with Crippen LogP contribution in [-0.4, -0.2) is 69.3 Å². The quantitative estimate of drug-likeness (QED) is 0.534. The molecule has 0 amide bonds. The van der Waals surface area contributed by atoms with Crippen LogP contribution >= 0.6 is 0 Å².